The monoisotopic (exact) mass is 483 g/mol. The summed E-state index contributed by atoms with van der Waals surface area (Å²) in [6.45, 7) is 10.9. The van der Waals surface area contributed by atoms with Gasteiger partial charge in [-0.3, -0.25) is 4.90 Å². The maximum absolute atomic E-state index is 11.5. The molecule has 0 aromatic carbocycles. The van der Waals surface area contributed by atoms with Gasteiger partial charge in [0, 0.05) is 18.1 Å². The van der Waals surface area contributed by atoms with E-state index in [0.29, 0.717) is 12.1 Å². The van der Waals surface area contributed by atoms with Gasteiger partial charge >= 0.3 is 5.97 Å². The molecule has 0 aromatic heterocycles. The Morgan fingerprint density at radius 1 is 0.588 bits per heavy atom. The topological polar surface area (TPSA) is 60.8 Å². The molecule has 0 fully saturated rings. The van der Waals surface area contributed by atoms with Gasteiger partial charge in [0.25, 0.3) is 0 Å². The van der Waals surface area contributed by atoms with E-state index >= 15 is 0 Å². The van der Waals surface area contributed by atoms with Crippen LogP contribution in [0.4, 0.5) is 0 Å². The first-order chi connectivity index (χ1) is 16.4. The van der Waals surface area contributed by atoms with Gasteiger partial charge in [0.1, 0.15) is 0 Å². The number of unbranched alkanes of at least 4 members (excludes halogenated alkanes) is 16. The number of carbonyl (C=O) groups is 1. The molecule has 0 bridgehead atoms. The molecule has 0 radical (unpaired) electrons. The summed E-state index contributed by atoms with van der Waals surface area (Å²) >= 11 is 0. The van der Waals surface area contributed by atoms with Gasteiger partial charge in [-0.15, -0.1) is 0 Å². The van der Waals surface area contributed by atoms with Crippen LogP contribution in [0.25, 0.3) is 0 Å². The molecular weight excluding hydrogens is 422 g/mol. The fraction of sp³-hybridized carbons (Fsp3) is 0.967. The minimum absolute atomic E-state index is 0.294. The van der Waals surface area contributed by atoms with Gasteiger partial charge in [0.15, 0.2) is 6.10 Å². The van der Waals surface area contributed by atoms with Crippen LogP contribution in [-0.2, 0) is 4.79 Å². The molecule has 0 aliphatic carbocycles. The van der Waals surface area contributed by atoms with Crippen LogP contribution in [0.15, 0.2) is 0 Å². The Morgan fingerprint density at radius 2 is 0.882 bits per heavy atom. The standard InChI is InChI=1S/C30H61NO3/c1-6-8-10-12-14-16-18-20-22-24-26(3)31(28(5)29(32)30(33)34)27(4)25-23-21-19-17-15-13-11-9-7-2/h26-29,32H,6-25H2,1-5H3,(H,33,34). The van der Waals surface area contributed by atoms with Crippen molar-refractivity contribution >= 4 is 5.97 Å². The molecule has 204 valence electrons. The van der Waals surface area contributed by atoms with Crippen LogP contribution in [0.5, 0.6) is 0 Å². The summed E-state index contributed by atoms with van der Waals surface area (Å²) in [6, 6.07) is 0.226. The molecule has 0 saturated carbocycles. The Hall–Kier alpha value is -0.610. The van der Waals surface area contributed by atoms with Gasteiger partial charge < -0.3 is 10.2 Å². The van der Waals surface area contributed by atoms with Crippen molar-refractivity contribution in [2.45, 2.75) is 187 Å². The summed E-state index contributed by atoms with van der Waals surface area (Å²) in [5.41, 5.74) is 0. The highest BCUT2D eigenvalue weighted by Crippen LogP contribution is 2.23. The first-order valence-corrected chi connectivity index (χ1v) is 15.0. The van der Waals surface area contributed by atoms with Gasteiger partial charge in [-0.2, -0.15) is 0 Å². The Bertz CT molecular complexity index is 428. The second-order valence-corrected chi connectivity index (χ2v) is 10.9. The lowest BCUT2D eigenvalue weighted by molar-refractivity contribution is -0.151. The zero-order chi connectivity index (χ0) is 25.6. The minimum atomic E-state index is -1.32. The SMILES string of the molecule is CCCCCCCCCCCC(C)N(C(C)CCCCCCCCCCC)C(C)C(O)C(=O)O. The van der Waals surface area contributed by atoms with Crippen molar-refractivity contribution in [2.75, 3.05) is 0 Å². The Morgan fingerprint density at radius 3 is 1.18 bits per heavy atom. The van der Waals surface area contributed by atoms with Crippen molar-refractivity contribution in [1.82, 2.24) is 4.90 Å². The lowest BCUT2D eigenvalue weighted by Crippen LogP contribution is -2.53. The number of carboxylic acids is 1. The lowest BCUT2D eigenvalue weighted by Gasteiger charge is -2.40. The fourth-order valence-electron chi connectivity index (χ4n) is 5.41. The van der Waals surface area contributed by atoms with E-state index in [0.717, 1.165) is 12.8 Å². The third kappa shape index (κ3) is 16.9. The van der Waals surface area contributed by atoms with Gasteiger partial charge in [0.05, 0.1) is 0 Å². The number of carboxylic acid groups (broad SMARTS) is 1. The molecule has 0 spiro atoms. The van der Waals surface area contributed by atoms with E-state index in [-0.39, 0.29) is 6.04 Å². The first kappa shape index (κ1) is 33.4. The van der Waals surface area contributed by atoms with Crippen molar-refractivity contribution in [1.29, 1.82) is 0 Å². The zero-order valence-corrected chi connectivity index (χ0v) is 23.7. The molecule has 0 saturated heterocycles. The smallest absolute Gasteiger partial charge is 0.334 e. The molecule has 0 amide bonds. The molecule has 0 heterocycles. The summed E-state index contributed by atoms with van der Waals surface area (Å²) in [5.74, 6) is -1.11. The molecule has 4 unspecified atom stereocenters. The van der Waals surface area contributed by atoms with Crippen LogP contribution in [0, 0.1) is 0 Å². The largest absolute Gasteiger partial charge is 0.479 e. The van der Waals surface area contributed by atoms with Crippen LogP contribution in [0.1, 0.15) is 163 Å². The summed E-state index contributed by atoms with van der Waals surface area (Å²) < 4.78 is 0. The van der Waals surface area contributed by atoms with E-state index < -0.39 is 12.1 Å². The third-order valence-corrected chi connectivity index (χ3v) is 7.65. The van der Waals surface area contributed by atoms with E-state index in [4.69, 9.17) is 0 Å². The van der Waals surface area contributed by atoms with Crippen molar-refractivity contribution in [3.05, 3.63) is 0 Å². The van der Waals surface area contributed by atoms with E-state index in [1.54, 1.807) is 0 Å². The van der Waals surface area contributed by atoms with Crippen molar-refractivity contribution in [3.63, 3.8) is 0 Å². The quantitative estimate of drug-likeness (QED) is 0.127. The number of hydrogen-bond acceptors (Lipinski definition) is 3. The van der Waals surface area contributed by atoms with Gasteiger partial charge in [-0.25, -0.2) is 4.79 Å². The molecule has 4 nitrogen and oxygen atoms in total. The molecule has 0 aliphatic rings. The number of aliphatic carboxylic acids is 1. The Labute approximate surface area is 213 Å². The van der Waals surface area contributed by atoms with Crippen molar-refractivity contribution in [3.8, 4) is 0 Å². The second kappa shape index (κ2) is 22.8. The number of aliphatic hydroxyl groups excluding tert-OH is 1. The van der Waals surface area contributed by atoms with Crippen LogP contribution in [0.2, 0.25) is 0 Å². The summed E-state index contributed by atoms with van der Waals surface area (Å²) in [4.78, 5) is 13.8. The average Bonchev–Trinajstić information content (AvgIpc) is 2.81. The van der Waals surface area contributed by atoms with E-state index in [1.165, 1.54) is 116 Å². The fourth-order valence-corrected chi connectivity index (χ4v) is 5.41. The number of aliphatic hydroxyl groups is 1. The predicted octanol–water partition coefficient (Wildman–Crippen LogP) is 8.74. The summed E-state index contributed by atoms with van der Waals surface area (Å²) in [6.07, 6.45) is 24.6. The number of nitrogens with zero attached hydrogens (tertiary/aromatic N) is 1. The highest BCUT2D eigenvalue weighted by atomic mass is 16.4. The maximum atomic E-state index is 11.5. The lowest BCUT2D eigenvalue weighted by atomic mass is 9.98. The molecule has 0 aromatic rings. The van der Waals surface area contributed by atoms with Gasteiger partial charge in [0.2, 0.25) is 0 Å². The molecule has 2 N–H and O–H groups in total. The van der Waals surface area contributed by atoms with E-state index in [2.05, 4.69) is 32.6 Å². The highest BCUT2D eigenvalue weighted by molar-refractivity contribution is 5.72. The summed E-state index contributed by atoms with van der Waals surface area (Å²) in [5, 5.41) is 19.7. The number of hydrogen-bond donors (Lipinski definition) is 2. The third-order valence-electron chi connectivity index (χ3n) is 7.65. The number of rotatable bonds is 25. The van der Waals surface area contributed by atoms with Crippen LogP contribution < -0.4 is 0 Å². The molecule has 0 aliphatic heterocycles. The predicted molar refractivity (Wildman–Crippen MR) is 148 cm³/mol. The van der Waals surface area contributed by atoms with Crippen LogP contribution >= 0.6 is 0 Å². The maximum Gasteiger partial charge on any atom is 0.334 e. The molecule has 34 heavy (non-hydrogen) atoms. The van der Waals surface area contributed by atoms with E-state index in [1.807, 2.05) is 6.92 Å². The van der Waals surface area contributed by atoms with Crippen LogP contribution in [-0.4, -0.2) is 45.3 Å². The van der Waals surface area contributed by atoms with E-state index in [9.17, 15) is 15.0 Å². The highest BCUT2D eigenvalue weighted by Gasteiger charge is 2.32. The minimum Gasteiger partial charge on any atom is -0.479 e. The normalized spacial score (nSPS) is 15.4. The first-order valence-electron chi connectivity index (χ1n) is 15.0. The van der Waals surface area contributed by atoms with Crippen LogP contribution in [0.3, 0.4) is 0 Å². The summed E-state index contributed by atoms with van der Waals surface area (Å²) in [7, 11) is 0. The Balaban J connectivity index is 4.39. The molecule has 0 rings (SSSR count). The Kier molecular flexibility index (Phi) is 22.4. The van der Waals surface area contributed by atoms with Gasteiger partial charge in [-0.1, -0.05) is 129 Å². The molecule has 4 heteroatoms. The van der Waals surface area contributed by atoms with Crippen molar-refractivity contribution < 1.29 is 15.0 Å². The van der Waals surface area contributed by atoms with Crippen molar-refractivity contribution in [2.24, 2.45) is 0 Å². The zero-order valence-electron chi connectivity index (χ0n) is 23.7. The second-order valence-electron chi connectivity index (χ2n) is 10.9. The average molecular weight is 484 g/mol. The molecule has 4 atom stereocenters. The molecular formula is C30H61NO3. The van der Waals surface area contributed by atoms with Gasteiger partial charge in [-0.05, 0) is 33.6 Å².